The summed E-state index contributed by atoms with van der Waals surface area (Å²) >= 11 is 6.52. The molecule has 0 bridgehead atoms. The van der Waals surface area contributed by atoms with Crippen molar-refractivity contribution in [2.75, 3.05) is 0 Å². The van der Waals surface area contributed by atoms with Crippen molar-refractivity contribution < 1.29 is 9.18 Å². The molecule has 0 N–H and O–H groups in total. The fourth-order valence-electron chi connectivity index (χ4n) is 1.56. The van der Waals surface area contributed by atoms with Crippen LogP contribution in [-0.2, 0) is 11.2 Å². The van der Waals surface area contributed by atoms with E-state index >= 15 is 0 Å². The largest absolute Gasteiger partial charge is 0.298 e. The summed E-state index contributed by atoms with van der Waals surface area (Å²) in [5.74, 6) is -0.157. The highest BCUT2D eigenvalue weighted by Crippen LogP contribution is 2.23. The molecule has 1 rings (SSSR count). The van der Waals surface area contributed by atoms with E-state index in [1.54, 1.807) is 6.07 Å². The van der Waals surface area contributed by atoms with Crippen molar-refractivity contribution in [3.05, 3.63) is 33.5 Å². The Balaban J connectivity index is 2.89. The van der Waals surface area contributed by atoms with Crippen molar-refractivity contribution in [2.24, 2.45) is 5.92 Å². The van der Waals surface area contributed by atoms with E-state index in [9.17, 15) is 9.18 Å². The molecule has 17 heavy (non-hydrogen) atoms. The zero-order valence-electron chi connectivity index (χ0n) is 10.1. The van der Waals surface area contributed by atoms with Crippen LogP contribution in [0.1, 0.15) is 25.0 Å². The van der Waals surface area contributed by atoms with E-state index in [-0.39, 0.29) is 22.3 Å². The van der Waals surface area contributed by atoms with Gasteiger partial charge in [-0.15, -0.1) is 0 Å². The number of hydrogen-bond donors (Lipinski definition) is 0. The van der Waals surface area contributed by atoms with Crippen LogP contribution in [0.3, 0.4) is 0 Å². The predicted octanol–water partition coefficient (Wildman–Crippen LogP) is 4.43. The molecule has 0 aliphatic rings. The lowest BCUT2D eigenvalue weighted by atomic mass is 9.98. The second-order valence-corrected chi connectivity index (χ2v) is 6.38. The van der Waals surface area contributed by atoms with Crippen LogP contribution >= 0.6 is 31.9 Å². The molecule has 94 valence electrons. The number of rotatable bonds is 4. The Morgan fingerprint density at radius 3 is 2.53 bits per heavy atom. The van der Waals surface area contributed by atoms with Gasteiger partial charge in [-0.3, -0.25) is 4.79 Å². The SMILES string of the molecule is Cc1cc(Br)c(F)cc1CC(Br)C(=O)C(C)C. The first-order valence-corrected chi connectivity index (χ1v) is 7.16. The average Bonchev–Trinajstić information content (AvgIpc) is 2.24. The number of benzene rings is 1. The summed E-state index contributed by atoms with van der Waals surface area (Å²) in [5.41, 5.74) is 1.85. The molecule has 0 spiro atoms. The maximum Gasteiger partial charge on any atom is 0.149 e. The third kappa shape index (κ3) is 3.88. The van der Waals surface area contributed by atoms with Gasteiger partial charge in [0.25, 0.3) is 0 Å². The first-order valence-electron chi connectivity index (χ1n) is 5.45. The summed E-state index contributed by atoms with van der Waals surface area (Å²) in [5, 5.41) is 0. The van der Waals surface area contributed by atoms with Crippen LogP contribution in [0.25, 0.3) is 0 Å². The van der Waals surface area contributed by atoms with E-state index in [4.69, 9.17) is 0 Å². The van der Waals surface area contributed by atoms with Crippen LogP contribution in [-0.4, -0.2) is 10.6 Å². The molecule has 4 heteroatoms. The second kappa shape index (κ2) is 6.10. The van der Waals surface area contributed by atoms with Gasteiger partial charge < -0.3 is 0 Å². The highest BCUT2D eigenvalue weighted by molar-refractivity contribution is 9.10. The van der Waals surface area contributed by atoms with E-state index < -0.39 is 0 Å². The Hall–Kier alpha value is -0.220. The fourth-order valence-corrected chi connectivity index (χ4v) is 2.90. The van der Waals surface area contributed by atoms with Crippen LogP contribution in [0.4, 0.5) is 4.39 Å². The maximum absolute atomic E-state index is 13.4. The van der Waals surface area contributed by atoms with Gasteiger partial charge >= 0.3 is 0 Å². The van der Waals surface area contributed by atoms with Crippen molar-refractivity contribution >= 4 is 37.6 Å². The molecular formula is C13H15Br2FO. The number of carbonyl (C=O) groups excluding carboxylic acids is 1. The van der Waals surface area contributed by atoms with Gasteiger partial charge in [-0.25, -0.2) is 4.39 Å². The minimum absolute atomic E-state index is 0.0139. The molecule has 0 radical (unpaired) electrons. The lowest BCUT2D eigenvalue weighted by Crippen LogP contribution is -2.22. The van der Waals surface area contributed by atoms with Crippen molar-refractivity contribution in [3.8, 4) is 0 Å². The lowest BCUT2D eigenvalue weighted by molar-refractivity contribution is -0.121. The van der Waals surface area contributed by atoms with E-state index in [0.29, 0.717) is 10.9 Å². The normalized spacial score (nSPS) is 12.9. The van der Waals surface area contributed by atoms with Gasteiger partial charge in [-0.1, -0.05) is 29.8 Å². The molecule has 0 aliphatic carbocycles. The molecule has 1 atom stereocenters. The van der Waals surface area contributed by atoms with Gasteiger partial charge in [0.2, 0.25) is 0 Å². The Labute approximate surface area is 118 Å². The van der Waals surface area contributed by atoms with Crippen LogP contribution in [0, 0.1) is 18.7 Å². The van der Waals surface area contributed by atoms with Gasteiger partial charge in [0.1, 0.15) is 11.6 Å². The number of hydrogen-bond acceptors (Lipinski definition) is 1. The molecule has 1 aromatic carbocycles. The van der Waals surface area contributed by atoms with Crippen molar-refractivity contribution in [1.29, 1.82) is 0 Å². The quantitative estimate of drug-likeness (QED) is 0.721. The Kier molecular flexibility index (Phi) is 5.32. The number of aryl methyl sites for hydroxylation is 1. The molecule has 0 saturated heterocycles. The number of Topliss-reactive ketones (excluding diaryl/α,β-unsaturated/α-hetero) is 1. The molecule has 0 heterocycles. The highest BCUT2D eigenvalue weighted by atomic mass is 79.9. The van der Waals surface area contributed by atoms with E-state index in [1.807, 2.05) is 20.8 Å². The smallest absolute Gasteiger partial charge is 0.149 e. The maximum atomic E-state index is 13.4. The minimum Gasteiger partial charge on any atom is -0.298 e. The second-order valence-electron chi connectivity index (χ2n) is 4.42. The van der Waals surface area contributed by atoms with Gasteiger partial charge in [0.05, 0.1) is 9.30 Å². The number of ketones is 1. The summed E-state index contributed by atoms with van der Waals surface area (Å²) in [7, 11) is 0. The Morgan fingerprint density at radius 1 is 1.41 bits per heavy atom. The fraction of sp³-hybridized carbons (Fsp3) is 0.462. The molecular weight excluding hydrogens is 351 g/mol. The van der Waals surface area contributed by atoms with E-state index in [0.717, 1.165) is 11.1 Å². The molecule has 0 aromatic heterocycles. The van der Waals surface area contributed by atoms with Gasteiger partial charge in [0, 0.05) is 5.92 Å². The van der Waals surface area contributed by atoms with Crippen molar-refractivity contribution in [1.82, 2.24) is 0 Å². The van der Waals surface area contributed by atoms with Crippen LogP contribution in [0.2, 0.25) is 0 Å². The van der Waals surface area contributed by atoms with Crippen LogP contribution in [0.15, 0.2) is 16.6 Å². The highest BCUT2D eigenvalue weighted by Gasteiger charge is 2.19. The average molecular weight is 366 g/mol. The topological polar surface area (TPSA) is 17.1 Å². The standard InChI is InChI=1S/C13H15Br2FO/c1-7(2)13(17)11(15)5-9-6-12(16)10(14)4-8(9)3/h4,6-7,11H,5H2,1-3H3. The summed E-state index contributed by atoms with van der Waals surface area (Å²) in [6.45, 7) is 5.65. The third-order valence-electron chi connectivity index (χ3n) is 2.66. The zero-order valence-corrected chi connectivity index (χ0v) is 13.2. The molecule has 1 aromatic rings. The zero-order chi connectivity index (χ0) is 13.2. The molecule has 0 amide bonds. The summed E-state index contributed by atoms with van der Waals surface area (Å²) in [6, 6.07) is 3.23. The first kappa shape index (κ1) is 14.8. The van der Waals surface area contributed by atoms with Crippen molar-refractivity contribution in [2.45, 2.75) is 32.0 Å². The number of halogens is 3. The predicted molar refractivity (Wildman–Crippen MR) is 75.1 cm³/mol. The third-order valence-corrected chi connectivity index (χ3v) is 4.04. The molecule has 1 nitrogen and oxygen atoms in total. The van der Waals surface area contributed by atoms with Crippen LogP contribution in [0.5, 0.6) is 0 Å². The number of alkyl halides is 1. The Morgan fingerprint density at radius 2 is 2.00 bits per heavy atom. The molecule has 0 saturated carbocycles. The lowest BCUT2D eigenvalue weighted by Gasteiger charge is -2.13. The summed E-state index contributed by atoms with van der Waals surface area (Å²) in [4.78, 5) is 11.5. The van der Waals surface area contributed by atoms with E-state index in [2.05, 4.69) is 31.9 Å². The van der Waals surface area contributed by atoms with Gasteiger partial charge in [-0.05, 0) is 52.5 Å². The van der Waals surface area contributed by atoms with Gasteiger partial charge in [0.15, 0.2) is 0 Å². The molecule has 0 aliphatic heterocycles. The van der Waals surface area contributed by atoms with Gasteiger partial charge in [-0.2, -0.15) is 0 Å². The first-order chi connectivity index (χ1) is 7.82. The van der Waals surface area contributed by atoms with E-state index in [1.165, 1.54) is 6.07 Å². The summed E-state index contributed by atoms with van der Waals surface area (Å²) in [6.07, 6.45) is 0.521. The summed E-state index contributed by atoms with van der Waals surface area (Å²) < 4.78 is 13.9. The Bertz CT molecular complexity index is 430. The minimum atomic E-state index is -0.290. The van der Waals surface area contributed by atoms with Crippen molar-refractivity contribution in [3.63, 3.8) is 0 Å². The number of carbonyl (C=O) groups is 1. The molecule has 0 fully saturated rings. The monoisotopic (exact) mass is 364 g/mol. The van der Waals surface area contributed by atoms with Crippen LogP contribution < -0.4 is 0 Å². The molecule has 1 unspecified atom stereocenters.